The number of rotatable bonds is 4. The van der Waals surface area contributed by atoms with E-state index >= 15 is 0 Å². The van der Waals surface area contributed by atoms with E-state index in [1.54, 1.807) is 12.3 Å². The van der Waals surface area contributed by atoms with Gasteiger partial charge in [0.1, 0.15) is 5.82 Å². The summed E-state index contributed by atoms with van der Waals surface area (Å²) in [6.45, 7) is 4.07. The Bertz CT molecular complexity index is 545. The molecule has 0 bridgehead atoms. The standard InChI is InChI=1S/C15H16ClFN2/c1-10(12-4-3-7-18-9-12)19-11(2)14-6-5-13(17)8-15(14)16/h3-11,19H,1-2H3/t10-,11?/m1/s1. The maximum absolute atomic E-state index is 13.0. The van der Waals surface area contributed by atoms with Crippen molar-refractivity contribution in [1.29, 1.82) is 0 Å². The van der Waals surface area contributed by atoms with Gasteiger partial charge < -0.3 is 5.32 Å². The second-order valence-electron chi connectivity index (χ2n) is 4.56. The Morgan fingerprint density at radius 3 is 2.63 bits per heavy atom. The summed E-state index contributed by atoms with van der Waals surface area (Å²) in [4.78, 5) is 4.10. The highest BCUT2D eigenvalue weighted by atomic mass is 35.5. The van der Waals surface area contributed by atoms with Crippen molar-refractivity contribution in [3.63, 3.8) is 0 Å². The van der Waals surface area contributed by atoms with Crippen molar-refractivity contribution in [3.8, 4) is 0 Å². The smallest absolute Gasteiger partial charge is 0.124 e. The van der Waals surface area contributed by atoms with Crippen LogP contribution in [0.1, 0.15) is 37.1 Å². The zero-order valence-electron chi connectivity index (χ0n) is 10.9. The van der Waals surface area contributed by atoms with Crippen LogP contribution in [0.2, 0.25) is 5.02 Å². The van der Waals surface area contributed by atoms with Crippen LogP contribution >= 0.6 is 11.6 Å². The minimum Gasteiger partial charge on any atom is -0.304 e. The number of halogens is 2. The largest absolute Gasteiger partial charge is 0.304 e. The molecule has 2 aromatic rings. The summed E-state index contributed by atoms with van der Waals surface area (Å²) >= 11 is 6.06. The van der Waals surface area contributed by atoms with Crippen LogP contribution in [-0.2, 0) is 0 Å². The van der Waals surface area contributed by atoms with Gasteiger partial charge in [-0.05, 0) is 43.2 Å². The van der Waals surface area contributed by atoms with Crippen molar-refractivity contribution in [2.45, 2.75) is 25.9 Å². The molecule has 0 radical (unpaired) electrons. The van der Waals surface area contributed by atoms with Gasteiger partial charge in [-0.2, -0.15) is 0 Å². The zero-order valence-corrected chi connectivity index (χ0v) is 11.7. The Hall–Kier alpha value is -1.45. The molecule has 0 amide bonds. The summed E-state index contributed by atoms with van der Waals surface area (Å²) in [6.07, 6.45) is 3.58. The predicted molar refractivity (Wildman–Crippen MR) is 75.6 cm³/mol. The van der Waals surface area contributed by atoms with Gasteiger partial charge in [0.25, 0.3) is 0 Å². The van der Waals surface area contributed by atoms with Crippen LogP contribution in [0.5, 0.6) is 0 Å². The lowest BCUT2D eigenvalue weighted by atomic mass is 10.1. The molecule has 0 saturated carbocycles. The normalized spacial score (nSPS) is 14.1. The van der Waals surface area contributed by atoms with Gasteiger partial charge in [-0.1, -0.05) is 23.7 Å². The number of hydrogen-bond donors (Lipinski definition) is 1. The fraction of sp³-hybridized carbons (Fsp3) is 0.267. The maximum atomic E-state index is 13.0. The Kier molecular flexibility index (Phi) is 4.51. The van der Waals surface area contributed by atoms with Crippen LogP contribution in [0, 0.1) is 5.82 Å². The van der Waals surface area contributed by atoms with Crippen LogP contribution in [0.15, 0.2) is 42.7 Å². The van der Waals surface area contributed by atoms with Gasteiger partial charge in [0.05, 0.1) is 0 Å². The van der Waals surface area contributed by atoms with Crippen LogP contribution in [0.3, 0.4) is 0 Å². The number of hydrogen-bond acceptors (Lipinski definition) is 2. The molecule has 1 heterocycles. The monoisotopic (exact) mass is 278 g/mol. The first-order valence-electron chi connectivity index (χ1n) is 6.19. The number of nitrogens with one attached hydrogen (secondary N) is 1. The van der Waals surface area contributed by atoms with E-state index in [4.69, 9.17) is 11.6 Å². The molecule has 19 heavy (non-hydrogen) atoms. The van der Waals surface area contributed by atoms with E-state index in [2.05, 4.69) is 17.2 Å². The summed E-state index contributed by atoms with van der Waals surface area (Å²) in [5.41, 5.74) is 1.99. The lowest BCUT2D eigenvalue weighted by molar-refractivity contribution is 0.493. The molecule has 1 aromatic carbocycles. The molecule has 2 nitrogen and oxygen atoms in total. The van der Waals surface area contributed by atoms with Crippen molar-refractivity contribution in [2.24, 2.45) is 0 Å². The second-order valence-corrected chi connectivity index (χ2v) is 4.97. The predicted octanol–water partition coefficient (Wildman–Crippen LogP) is 4.29. The van der Waals surface area contributed by atoms with Crippen molar-refractivity contribution in [3.05, 3.63) is 64.7 Å². The number of pyridine rings is 1. The molecule has 1 N–H and O–H groups in total. The molecule has 1 aromatic heterocycles. The first kappa shape index (κ1) is 14.0. The number of aromatic nitrogens is 1. The Labute approximate surface area is 117 Å². The molecule has 4 heteroatoms. The summed E-state index contributed by atoms with van der Waals surface area (Å²) in [7, 11) is 0. The van der Waals surface area contributed by atoms with E-state index in [9.17, 15) is 4.39 Å². The Morgan fingerprint density at radius 2 is 2.00 bits per heavy atom. The van der Waals surface area contributed by atoms with Gasteiger partial charge in [0, 0.05) is 29.5 Å². The summed E-state index contributed by atoms with van der Waals surface area (Å²) in [5, 5.41) is 3.87. The third-order valence-corrected chi connectivity index (χ3v) is 3.44. The first-order valence-corrected chi connectivity index (χ1v) is 6.56. The maximum Gasteiger partial charge on any atom is 0.124 e. The molecule has 0 fully saturated rings. The molecule has 0 aliphatic carbocycles. The SMILES string of the molecule is CC(N[C@H](C)c1cccnc1)c1ccc(F)cc1Cl. The first-order chi connectivity index (χ1) is 9.08. The quantitative estimate of drug-likeness (QED) is 0.903. The molecule has 0 saturated heterocycles. The summed E-state index contributed by atoms with van der Waals surface area (Å²) < 4.78 is 13.0. The van der Waals surface area contributed by atoms with Gasteiger partial charge >= 0.3 is 0 Å². The third-order valence-electron chi connectivity index (χ3n) is 3.11. The van der Waals surface area contributed by atoms with Crippen LogP contribution in [0.25, 0.3) is 0 Å². The van der Waals surface area contributed by atoms with Crippen molar-refractivity contribution in [2.75, 3.05) is 0 Å². The fourth-order valence-corrected chi connectivity index (χ4v) is 2.38. The molecule has 0 aliphatic heterocycles. The third kappa shape index (κ3) is 3.52. The molecular weight excluding hydrogens is 263 g/mol. The van der Waals surface area contributed by atoms with Gasteiger partial charge in [-0.3, -0.25) is 4.98 Å². The van der Waals surface area contributed by atoms with Gasteiger partial charge in [0.2, 0.25) is 0 Å². The molecular formula is C15H16ClFN2. The Morgan fingerprint density at radius 1 is 1.21 bits per heavy atom. The lowest BCUT2D eigenvalue weighted by Gasteiger charge is -2.21. The summed E-state index contributed by atoms with van der Waals surface area (Å²) in [6, 6.07) is 8.57. The topological polar surface area (TPSA) is 24.9 Å². The van der Waals surface area contributed by atoms with Crippen molar-refractivity contribution < 1.29 is 4.39 Å². The van der Waals surface area contributed by atoms with Gasteiger partial charge in [0.15, 0.2) is 0 Å². The highest BCUT2D eigenvalue weighted by molar-refractivity contribution is 6.31. The molecule has 0 spiro atoms. The Balaban J connectivity index is 2.10. The van der Waals surface area contributed by atoms with Gasteiger partial charge in [-0.25, -0.2) is 4.39 Å². The fourth-order valence-electron chi connectivity index (χ4n) is 2.05. The highest BCUT2D eigenvalue weighted by Crippen LogP contribution is 2.25. The van der Waals surface area contributed by atoms with E-state index < -0.39 is 0 Å². The molecule has 1 unspecified atom stereocenters. The van der Waals surface area contributed by atoms with E-state index in [1.807, 2.05) is 25.3 Å². The zero-order chi connectivity index (χ0) is 13.8. The van der Waals surface area contributed by atoms with Gasteiger partial charge in [-0.15, -0.1) is 0 Å². The minimum atomic E-state index is -0.318. The van der Waals surface area contributed by atoms with E-state index in [0.717, 1.165) is 11.1 Å². The van der Waals surface area contributed by atoms with Crippen molar-refractivity contribution >= 4 is 11.6 Å². The highest BCUT2D eigenvalue weighted by Gasteiger charge is 2.14. The molecule has 2 atom stereocenters. The molecule has 2 rings (SSSR count). The van der Waals surface area contributed by atoms with E-state index in [0.29, 0.717) is 5.02 Å². The minimum absolute atomic E-state index is 0.0308. The average Bonchev–Trinajstić information content (AvgIpc) is 2.39. The van der Waals surface area contributed by atoms with Crippen LogP contribution in [0.4, 0.5) is 4.39 Å². The van der Waals surface area contributed by atoms with E-state index in [-0.39, 0.29) is 17.9 Å². The summed E-state index contributed by atoms with van der Waals surface area (Å²) in [5.74, 6) is -0.318. The number of nitrogens with zero attached hydrogens (tertiary/aromatic N) is 1. The van der Waals surface area contributed by atoms with E-state index in [1.165, 1.54) is 12.1 Å². The molecule has 100 valence electrons. The second kappa shape index (κ2) is 6.13. The van der Waals surface area contributed by atoms with Crippen molar-refractivity contribution in [1.82, 2.24) is 10.3 Å². The van der Waals surface area contributed by atoms with Crippen LogP contribution < -0.4 is 5.32 Å². The lowest BCUT2D eigenvalue weighted by Crippen LogP contribution is -2.22. The average molecular weight is 279 g/mol. The molecule has 0 aliphatic rings. The van der Waals surface area contributed by atoms with Crippen LogP contribution in [-0.4, -0.2) is 4.98 Å². The number of benzene rings is 1.